The van der Waals surface area contributed by atoms with Crippen molar-refractivity contribution in [3.05, 3.63) is 72.8 Å². The van der Waals surface area contributed by atoms with Crippen LogP contribution < -0.4 is 9.46 Å². The summed E-state index contributed by atoms with van der Waals surface area (Å²) in [6.07, 6.45) is -4.91. The van der Waals surface area contributed by atoms with E-state index < -0.39 is 34.3 Å². The smallest absolute Gasteiger partial charge is 0.406 e. The van der Waals surface area contributed by atoms with E-state index in [2.05, 4.69) is 14.0 Å². The lowest BCUT2D eigenvalue weighted by atomic mass is 10.1. The highest BCUT2D eigenvalue weighted by Crippen LogP contribution is 2.39. The van der Waals surface area contributed by atoms with Gasteiger partial charge in [0.15, 0.2) is 0 Å². The predicted molar refractivity (Wildman–Crippen MR) is 121 cm³/mol. The van der Waals surface area contributed by atoms with Gasteiger partial charge in [-0.25, -0.2) is 13.1 Å². The summed E-state index contributed by atoms with van der Waals surface area (Å²) in [6, 6.07) is 18.6. The maximum absolute atomic E-state index is 12.9. The standard InChI is InChI=1S/C24H21F3N2O4S/c25-24(26,27)33-15-9-11-16(12-10-15)34(31,32)28-19-13-14-22(23(19)30)29-20-7-3-1-5-17(20)18-6-2-4-8-21(18)29/h1-12,19,22-23,28,30H,13-14H2/t19-,22+,23+/m1/s1. The molecule has 0 radical (unpaired) electrons. The van der Waals surface area contributed by atoms with E-state index in [-0.39, 0.29) is 10.9 Å². The molecule has 1 saturated carbocycles. The quantitative estimate of drug-likeness (QED) is 0.424. The summed E-state index contributed by atoms with van der Waals surface area (Å²) < 4.78 is 71.2. The third-order valence-corrected chi connectivity index (χ3v) is 7.71. The molecule has 34 heavy (non-hydrogen) atoms. The second-order valence-corrected chi connectivity index (χ2v) is 10.0. The van der Waals surface area contributed by atoms with Crippen molar-refractivity contribution < 1.29 is 31.4 Å². The van der Waals surface area contributed by atoms with Crippen LogP contribution in [0.3, 0.4) is 0 Å². The molecule has 10 heteroatoms. The molecule has 6 nitrogen and oxygen atoms in total. The van der Waals surface area contributed by atoms with Gasteiger partial charge < -0.3 is 14.4 Å². The normalized spacial score (nSPS) is 21.4. The van der Waals surface area contributed by atoms with Gasteiger partial charge in [-0.2, -0.15) is 0 Å². The molecule has 0 bridgehead atoms. The molecule has 0 unspecified atom stereocenters. The topological polar surface area (TPSA) is 80.6 Å². The molecular weight excluding hydrogens is 469 g/mol. The number of aliphatic hydroxyl groups is 1. The number of para-hydroxylation sites is 2. The van der Waals surface area contributed by atoms with Crippen LogP contribution in [0.15, 0.2) is 77.7 Å². The van der Waals surface area contributed by atoms with Crippen LogP contribution in [-0.2, 0) is 10.0 Å². The highest BCUT2D eigenvalue weighted by Gasteiger charge is 2.39. The maximum atomic E-state index is 12.9. The molecule has 178 valence electrons. The van der Waals surface area contributed by atoms with E-state index in [0.29, 0.717) is 12.8 Å². The number of hydrogen-bond acceptors (Lipinski definition) is 4. The number of hydrogen-bond donors (Lipinski definition) is 2. The van der Waals surface area contributed by atoms with Gasteiger partial charge in [0.2, 0.25) is 10.0 Å². The zero-order chi connectivity index (χ0) is 24.1. The average Bonchev–Trinajstić information content (AvgIpc) is 3.30. The molecule has 3 atom stereocenters. The Hall–Kier alpha value is -3.08. The fourth-order valence-corrected chi connectivity index (χ4v) is 6.05. The van der Waals surface area contributed by atoms with E-state index >= 15 is 0 Å². The molecule has 0 saturated heterocycles. The van der Waals surface area contributed by atoms with Gasteiger partial charge in [-0.1, -0.05) is 36.4 Å². The number of alkyl halides is 3. The first-order valence-electron chi connectivity index (χ1n) is 10.7. The Morgan fingerprint density at radius 2 is 1.44 bits per heavy atom. The summed E-state index contributed by atoms with van der Waals surface area (Å²) in [4.78, 5) is -0.213. The van der Waals surface area contributed by atoms with Crippen molar-refractivity contribution in [2.24, 2.45) is 0 Å². The molecule has 1 aliphatic carbocycles. The minimum absolute atomic E-state index is 0.213. The summed E-state index contributed by atoms with van der Waals surface area (Å²) >= 11 is 0. The fourth-order valence-electron chi connectivity index (χ4n) is 4.77. The van der Waals surface area contributed by atoms with Crippen LogP contribution in [0.25, 0.3) is 21.8 Å². The Morgan fingerprint density at radius 3 is 2.00 bits per heavy atom. The monoisotopic (exact) mass is 490 g/mol. The van der Waals surface area contributed by atoms with Gasteiger partial charge >= 0.3 is 6.36 Å². The van der Waals surface area contributed by atoms with Crippen molar-refractivity contribution in [2.45, 2.75) is 42.3 Å². The van der Waals surface area contributed by atoms with Crippen LogP contribution in [-0.4, -0.2) is 36.6 Å². The van der Waals surface area contributed by atoms with Gasteiger partial charge in [-0.05, 0) is 49.2 Å². The van der Waals surface area contributed by atoms with Gasteiger partial charge in [-0.3, -0.25) is 0 Å². The minimum Gasteiger partial charge on any atom is -0.406 e. The molecule has 5 rings (SSSR count). The van der Waals surface area contributed by atoms with Crippen LogP contribution in [0.5, 0.6) is 5.75 Å². The van der Waals surface area contributed by atoms with E-state index in [1.54, 1.807) is 0 Å². The van der Waals surface area contributed by atoms with Crippen molar-refractivity contribution in [3.8, 4) is 5.75 Å². The molecule has 1 aliphatic rings. The highest BCUT2D eigenvalue weighted by molar-refractivity contribution is 7.89. The van der Waals surface area contributed by atoms with Crippen LogP contribution in [0.1, 0.15) is 18.9 Å². The fraction of sp³-hybridized carbons (Fsp3) is 0.250. The van der Waals surface area contributed by atoms with Crippen molar-refractivity contribution in [2.75, 3.05) is 0 Å². The van der Waals surface area contributed by atoms with Crippen LogP contribution in [0.2, 0.25) is 0 Å². The second kappa shape index (κ2) is 8.30. The number of sulfonamides is 1. The lowest BCUT2D eigenvalue weighted by Gasteiger charge is -2.23. The number of nitrogens with one attached hydrogen (secondary N) is 1. The van der Waals surface area contributed by atoms with E-state index in [1.165, 1.54) is 0 Å². The third-order valence-electron chi connectivity index (χ3n) is 6.20. The van der Waals surface area contributed by atoms with Crippen LogP contribution in [0.4, 0.5) is 13.2 Å². The molecule has 0 aliphatic heterocycles. The van der Waals surface area contributed by atoms with Crippen molar-refractivity contribution in [1.29, 1.82) is 0 Å². The lowest BCUT2D eigenvalue weighted by Crippen LogP contribution is -2.42. The molecule has 0 spiro atoms. The highest BCUT2D eigenvalue weighted by atomic mass is 32.2. The number of nitrogens with zero attached hydrogens (tertiary/aromatic N) is 1. The zero-order valence-electron chi connectivity index (χ0n) is 17.7. The number of rotatable bonds is 5. The second-order valence-electron chi connectivity index (χ2n) is 8.29. The van der Waals surface area contributed by atoms with Crippen molar-refractivity contribution >= 4 is 31.8 Å². The summed E-state index contributed by atoms with van der Waals surface area (Å²) in [5.41, 5.74) is 1.91. The molecule has 2 N–H and O–H groups in total. The Balaban J connectivity index is 1.40. The van der Waals surface area contributed by atoms with Crippen LogP contribution >= 0.6 is 0 Å². The van der Waals surface area contributed by atoms with Gasteiger partial charge in [0.25, 0.3) is 0 Å². The number of ether oxygens (including phenoxy) is 1. The van der Waals surface area contributed by atoms with E-state index in [1.807, 2.05) is 48.5 Å². The molecule has 0 amide bonds. The summed E-state index contributed by atoms with van der Waals surface area (Å²) in [5.74, 6) is -0.515. The number of halogens is 3. The first-order chi connectivity index (χ1) is 16.1. The van der Waals surface area contributed by atoms with Gasteiger partial charge in [0.05, 0.1) is 23.1 Å². The van der Waals surface area contributed by atoms with Gasteiger partial charge in [0.1, 0.15) is 5.75 Å². The molecular formula is C24H21F3N2O4S. The molecule has 1 heterocycles. The maximum Gasteiger partial charge on any atom is 0.573 e. The van der Waals surface area contributed by atoms with E-state index in [9.17, 15) is 26.7 Å². The molecule has 1 fully saturated rings. The summed E-state index contributed by atoms with van der Waals surface area (Å²) in [6.45, 7) is 0. The van der Waals surface area contributed by atoms with Crippen LogP contribution in [0, 0.1) is 0 Å². The van der Waals surface area contributed by atoms with Crippen molar-refractivity contribution in [3.63, 3.8) is 0 Å². The Bertz CT molecular complexity index is 1400. The lowest BCUT2D eigenvalue weighted by molar-refractivity contribution is -0.274. The van der Waals surface area contributed by atoms with Crippen molar-refractivity contribution in [1.82, 2.24) is 9.29 Å². The van der Waals surface area contributed by atoms with Gasteiger partial charge in [0, 0.05) is 21.8 Å². The number of aliphatic hydroxyl groups excluding tert-OH is 1. The zero-order valence-corrected chi connectivity index (χ0v) is 18.6. The van der Waals surface area contributed by atoms with E-state index in [4.69, 9.17) is 0 Å². The first kappa shape index (κ1) is 22.7. The van der Waals surface area contributed by atoms with E-state index in [0.717, 1.165) is 46.1 Å². The Labute approximate surface area is 193 Å². The molecule has 1 aromatic heterocycles. The SMILES string of the molecule is O=S(=O)(N[C@@H]1CC[C@H](n2c3ccccc3c3ccccc32)[C@H]1O)c1ccc(OC(F)(F)F)cc1. The summed E-state index contributed by atoms with van der Waals surface area (Å²) in [7, 11) is -4.07. The number of benzene rings is 3. The Kier molecular flexibility index (Phi) is 5.54. The average molecular weight is 491 g/mol. The van der Waals surface area contributed by atoms with Gasteiger partial charge in [-0.15, -0.1) is 13.2 Å². The third kappa shape index (κ3) is 4.13. The largest absolute Gasteiger partial charge is 0.573 e. The molecule has 4 aromatic rings. The predicted octanol–water partition coefficient (Wildman–Crippen LogP) is 4.74. The Morgan fingerprint density at radius 1 is 0.882 bits per heavy atom. The first-order valence-corrected chi connectivity index (χ1v) is 12.2. The number of fused-ring (bicyclic) bond motifs is 3. The minimum atomic E-state index is -4.87. The number of aromatic nitrogens is 1. The molecule has 3 aromatic carbocycles. The summed E-state index contributed by atoms with van der Waals surface area (Å²) in [5, 5.41) is 13.2.